The number of thiophene rings is 1. The van der Waals surface area contributed by atoms with Crippen molar-refractivity contribution in [1.82, 2.24) is 0 Å². The number of ketones is 1. The number of anilines is 2. The third-order valence-electron chi connectivity index (χ3n) is 3.97. The summed E-state index contributed by atoms with van der Waals surface area (Å²) in [6.45, 7) is 1.52. The van der Waals surface area contributed by atoms with E-state index in [1.807, 2.05) is 30.3 Å². The Morgan fingerprint density at radius 2 is 1.68 bits per heavy atom. The molecule has 0 spiro atoms. The van der Waals surface area contributed by atoms with Crippen LogP contribution in [0, 0.1) is 0 Å². The average Bonchev–Trinajstić information content (AvgIpc) is 3.12. The summed E-state index contributed by atoms with van der Waals surface area (Å²) in [5.41, 5.74) is 2.79. The molecule has 142 valence electrons. The molecular formula is C21H18N2O3S2. The molecular weight excluding hydrogens is 392 g/mol. The maximum absolute atomic E-state index is 12.2. The Morgan fingerprint density at radius 3 is 2.29 bits per heavy atom. The van der Waals surface area contributed by atoms with E-state index < -0.39 is 5.97 Å². The number of hydrogen-bond acceptors (Lipinski definition) is 5. The van der Waals surface area contributed by atoms with Crippen molar-refractivity contribution in [2.75, 3.05) is 17.7 Å². The van der Waals surface area contributed by atoms with Gasteiger partial charge in [-0.25, -0.2) is 4.79 Å². The maximum atomic E-state index is 12.2. The van der Waals surface area contributed by atoms with Crippen LogP contribution in [0.3, 0.4) is 0 Å². The van der Waals surface area contributed by atoms with Crippen molar-refractivity contribution >= 4 is 51.1 Å². The number of benzene rings is 2. The topological polar surface area (TPSA) is 67.4 Å². The number of rotatable bonds is 5. The second-order valence-corrected chi connectivity index (χ2v) is 7.38. The van der Waals surface area contributed by atoms with E-state index in [0.29, 0.717) is 21.2 Å². The van der Waals surface area contributed by atoms with Gasteiger partial charge in [-0.15, -0.1) is 11.3 Å². The number of thiocarbonyl (C=S) groups is 1. The van der Waals surface area contributed by atoms with Crippen LogP contribution in [-0.4, -0.2) is 24.0 Å². The smallest absolute Gasteiger partial charge is 0.340 e. The summed E-state index contributed by atoms with van der Waals surface area (Å²) >= 11 is 6.79. The van der Waals surface area contributed by atoms with Crippen molar-refractivity contribution in [3.63, 3.8) is 0 Å². The largest absolute Gasteiger partial charge is 0.465 e. The molecule has 3 rings (SSSR count). The SMILES string of the molecule is COC(=O)c1cc(-c2ccccc2)sc1NC(=S)Nc1ccc(C(C)=O)cc1. The van der Waals surface area contributed by atoms with Crippen molar-refractivity contribution in [2.24, 2.45) is 0 Å². The van der Waals surface area contributed by atoms with Gasteiger partial charge in [-0.3, -0.25) is 4.79 Å². The van der Waals surface area contributed by atoms with Gasteiger partial charge in [0.05, 0.1) is 12.7 Å². The molecule has 0 radical (unpaired) electrons. The highest BCUT2D eigenvalue weighted by atomic mass is 32.1. The zero-order chi connectivity index (χ0) is 20.1. The fourth-order valence-corrected chi connectivity index (χ4v) is 3.88. The summed E-state index contributed by atoms with van der Waals surface area (Å²) in [7, 11) is 1.35. The summed E-state index contributed by atoms with van der Waals surface area (Å²) in [6, 6.07) is 18.6. The van der Waals surface area contributed by atoms with Gasteiger partial charge in [0, 0.05) is 16.1 Å². The summed E-state index contributed by atoms with van der Waals surface area (Å²) in [5.74, 6) is -0.434. The Bertz CT molecular complexity index is 1010. The first-order chi connectivity index (χ1) is 13.5. The number of carbonyl (C=O) groups is 2. The van der Waals surface area contributed by atoms with E-state index in [2.05, 4.69) is 10.6 Å². The molecule has 2 aromatic carbocycles. The molecule has 0 unspecified atom stereocenters. The van der Waals surface area contributed by atoms with E-state index >= 15 is 0 Å². The van der Waals surface area contributed by atoms with Gasteiger partial charge in [0.1, 0.15) is 5.00 Å². The van der Waals surface area contributed by atoms with Crippen molar-refractivity contribution in [1.29, 1.82) is 0 Å². The van der Waals surface area contributed by atoms with Crippen LogP contribution in [0.5, 0.6) is 0 Å². The summed E-state index contributed by atoms with van der Waals surface area (Å²) in [6.07, 6.45) is 0. The highest BCUT2D eigenvalue weighted by Crippen LogP contribution is 2.36. The Kier molecular flexibility index (Phi) is 6.18. The molecule has 0 saturated heterocycles. The summed E-state index contributed by atoms with van der Waals surface area (Å²) in [4.78, 5) is 24.5. The minimum absolute atomic E-state index is 0.00185. The molecule has 7 heteroatoms. The number of carbonyl (C=O) groups excluding carboxylic acids is 2. The molecule has 3 aromatic rings. The van der Waals surface area contributed by atoms with Gasteiger partial charge in [-0.2, -0.15) is 0 Å². The molecule has 28 heavy (non-hydrogen) atoms. The first kappa shape index (κ1) is 19.7. The molecule has 0 atom stereocenters. The second kappa shape index (κ2) is 8.77. The Labute approximate surface area is 172 Å². The van der Waals surface area contributed by atoms with Crippen LogP contribution in [-0.2, 0) is 4.74 Å². The highest BCUT2D eigenvalue weighted by Gasteiger charge is 2.18. The number of hydrogen-bond donors (Lipinski definition) is 2. The lowest BCUT2D eigenvalue weighted by molar-refractivity contribution is 0.0602. The van der Waals surface area contributed by atoms with Gasteiger partial charge in [0.15, 0.2) is 10.9 Å². The van der Waals surface area contributed by atoms with Gasteiger partial charge in [0.25, 0.3) is 0 Å². The molecule has 5 nitrogen and oxygen atoms in total. The second-order valence-electron chi connectivity index (χ2n) is 5.92. The van der Waals surface area contributed by atoms with Crippen molar-refractivity contribution in [3.05, 3.63) is 71.8 Å². The fraction of sp³-hybridized carbons (Fsp3) is 0.0952. The first-order valence-corrected chi connectivity index (χ1v) is 9.67. The molecule has 0 aliphatic carbocycles. The van der Waals surface area contributed by atoms with Gasteiger partial charge >= 0.3 is 5.97 Å². The molecule has 0 aliphatic rings. The van der Waals surface area contributed by atoms with Crippen LogP contribution < -0.4 is 10.6 Å². The van der Waals surface area contributed by atoms with Crippen LogP contribution in [0.4, 0.5) is 10.7 Å². The van der Waals surface area contributed by atoms with E-state index in [1.54, 1.807) is 30.3 Å². The third kappa shape index (κ3) is 4.62. The van der Waals surface area contributed by atoms with Crippen molar-refractivity contribution < 1.29 is 14.3 Å². The minimum Gasteiger partial charge on any atom is -0.465 e. The van der Waals surface area contributed by atoms with Crippen LogP contribution in [0.15, 0.2) is 60.7 Å². The first-order valence-electron chi connectivity index (χ1n) is 8.44. The van der Waals surface area contributed by atoms with Gasteiger partial charge < -0.3 is 15.4 Å². The molecule has 0 fully saturated rings. The highest BCUT2D eigenvalue weighted by molar-refractivity contribution is 7.80. The zero-order valence-corrected chi connectivity index (χ0v) is 16.9. The van der Waals surface area contributed by atoms with Crippen molar-refractivity contribution in [3.8, 4) is 10.4 Å². The van der Waals surface area contributed by atoms with Crippen LogP contribution in [0.25, 0.3) is 10.4 Å². The predicted octanol–water partition coefficient (Wildman–Crippen LogP) is 5.21. The maximum Gasteiger partial charge on any atom is 0.340 e. The van der Waals surface area contributed by atoms with Crippen LogP contribution in [0.1, 0.15) is 27.6 Å². The summed E-state index contributed by atoms with van der Waals surface area (Å²) < 4.78 is 4.89. The van der Waals surface area contributed by atoms with E-state index in [0.717, 1.165) is 16.1 Å². The Balaban J connectivity index is 1.80. The molecule has 0 bridgehead atoms. The number of methoxy groups -OCH3 is 1. The van der Waals surface area contributed by atoms with E-state index in [4.69, 9.17) is 17.0 Å². The number of Topliss-reactive ketones (excluding diaryl/α,β-unsaturated/α-hetero) is 1. The lowest BCUT2D eigenvalue weighted by Crippen LogP contribution is -2.19. The number of nitrogens with one attached hydrogen (secondary N) is 2. The molecule has 2 N–H and O–H groups in total. The lowest BCUT2D eigenvalue weighted by Gasteiger charge is -2.10. The third-order valence-corrected chi connectivity index (χ3v) is 5.28. The normalized spacial score (nSPS) is 10.2. The number of ether oxygens (including phenoxy) is 1. The quantitative estimate of drug-likeness (QED) is 0.342. The molecule has 1 heterocycles. The van der Waals surface area contributed by atoms with Crippen LogP contribution in [0.2, 0.25) is 0 Å². The van der Waals surface area contributed by atoms with E-state index in [-0.39, 0.29) is 5.78 Å². The Hall–Kier alpha value is -3.03. The van der Waals surface area contributed by atoms with Crippen LogP contribution >= 0.6 is 23.6 Å². The lowest BCUT2D eigenvalue weighted by atomic mass is 10.1. The van der Waals surface area contributed by atoms with Crippen molar-refractivity contribution in [2.45, 2.75) is 6.92 Å². The van der Waals surface area contributed by atoms with Gasteiger partial charge in [-0.05, 0) is 55.0 Å². The molecule has 0 aliphatic heterocycles. The zero-order valence-electron chi connectivity index (χ0n) is 15.3. The minimum atomic E-state index is -0.436. The molecule has 0 amide bonds. The average molecular weight is 411 g/mol. The monoisotopic (exact) mass is 410 g/mol. The molecule has 0 saturated carbocycles. The standard InChI is InChI=1S/C21H18N2O3S2/c1-13(24)14-8-10-16(11-9-14)22-21(27)23-19-17(20(25)26-2)12-18(28-19)15-6-4-3-5-7-15/h3-12H,1-2H3,(H2,22,23,27). The summed E-state index contributed by atoms with van der Waals surface area (Å²) in [5, 5.41) is 7.06. The van der Waals surface area contributed by atoms with E-state index in [1.165, 1.54) is 25.4 Å². The fourth-order valence-electron chi connectivity index (χ4n) is 2.54. The number of esters is 1. The van der Waals surface area contributed by atoms with E-state index in [9.17, 15) is 9.59 Å². The van der Waals surface area contributed by atoms with Gasteiger partial charge in [0.2, 0.25) is 0 Å². The Morgan fingerprint density at radius 1 is 1.00 bits per heavy atom. The van der Waals surface area contributed by atoms with Gasteiger partial charge in [-0.1, -0.05) is 30.3 Å². The molecule has 1 aromatic heterocycles. The predicted molar refractivity (Wildman–Crippen MR) is 117 cm³/mol.